The molecule has 3 atom stereocenters. The minimum absolute atomic E-state index is 0.0684. The lowest BCUT2D eigenvalue weighted by Crippen LogP contribution is -2.28. The fraction of sp³-hybridized carbons (Fsp3) is 0.571. The Morgan fingerprint density at radius 1 is 1.29 bits per heavy atom. The van der Waals surface area contributed by atoms with Gasteiger partial charge >= 0.3 is 0 Å². The number of aliphatic hydroxyl groups is 1. The van der Waals surface area contributed by atoms with E-state index in [1.54, 1.807) is 7.11 Å². The molecule has 0 aromatic heterocycles. The van der Waals surface area contributed by atoms with Gasteiger partial charge in [0.2, 0.25) is 0 Å². The Bertz CT molecular complexity index is 397. The van der Waals surface area contributed by atoms with Crippen molar-refractivity contribution in [3.05, 3.63) is 29.8 Å². The van der Waals surface area contributed by atoms with E-state index in [1.165, 1.54) is 5.56 Å². The summed E-state index contributed by atoms with van der Waals surface area (Å²) in [6.07, 6.45) is 0. The van der Waals surface area contributed by atoms with Crippen LogP contribution in [0.2, 0.25) is 0 Å². The number of methoxy groups -OCH3 is 1. The Hall–Kier alpha value is -1.06. The lowest BCUT2D eigenvalue weighted by atomic mass is 10.1. The molecule has 3 heteroatoms. The Morgan fingerprint density at radius 3 is 2.41 bits per heavy atom. The molecule has 0 bridgehead atoms. The van der Waals surface area contributed by atoms with E-state index in [0.717, 1.165) is 5.75 Å². The molecule has 0 aliphatic carbocycles. The van der Waals surface area contributed by atoms with Crippen LogP contribution in [0, 0.1) is 0 Å². The van der Waals surface area contributed by atoms with Crippen LogP contribution in [0.15, 0.2) is 24.3 Å². The topological polar surface area (TPSA) is 32.5 Å². The summed E-state index contributed by atoms with van der Waals surface area (Å²) in [5.74, 6) is 0.905. The number of hydrogen-bond acceptors (Lipinski definition) is 3. The van der Waals surface area contributed by atoms with Crippen molar-refractivity contribution < 1.29 is 9.84 Å². The third kappa shape index (κ3) is 2.17. The molecule has 94 valence electrons. The molecule has 3 nitrogen and oxygen atoms in total. The number of rotatable bonds is 3. The van der Waals surface area contributed by atoms with Crippen molar-refractivity contribution in [1.82, 2.24) is 4.90 Å². The zero-order chi connectivity index (χ0) is 12.6. The van der Waals surface area contributed by atoms with Gasteiger partial charge < -0.3 is 9.84 Å². The Balaban J connectivity index is 2.29. The third-order valence-corrected chi connectivity index (χ3v) is 3.35. The quantitative estimate of drug-likeness (QED) is 0.815. The molecule has 0 saturated carbocycles. The highest BCUT2D eigenvalue weighted by molar-refractivity contribution is 5.40. The summed E-state index contributed by atoms with van der Waals surface area (Å²) >= 11 is 0. The Kier molecular flexibility index (Phi) is 3.15. The van der Waals surface area contributed by atoms with Gasteiger partial charge in [-0.1, -0.05) is 18.2 Å². The van der Waals surface area contributed by atoms with Gasteiger partial charge in [0.05, 0.1) is 25.8 Å². The van der Waals surface area contributed by atoms with E-state index in [2.05, 4.69) is 31.7 Å². The highest BCUT2D eigenvalue weighted by atomic mass is 16.5. The number of benzene rings is 1. The minimum atomic E-state index is 0.0684. The molecular weight excluding hydrogens is 214 g/mol. The predicted molar refractivity (Wildman–Crippen MR) is 68.2 cm³/mol. The van der Waals surface area contributed by atoms with Gasteiger partial charge in [0.25, 0.3) is 0 Å². The maximum atomic E-state index is 9.45. The van der Waals surface area contributed by atoms with Gasteiger partial charge in [-0.3, -0.25) is 4.90 Å². The van der Waals surface area contributed by atoms with Crippen LogP contribution in [0.5, 0.6) is 5.75 Å². The average Bonchev–Trinajstić information content (AvgIpc) is 3.03. The van der Waals surface area contributed by atoms with Crippen molar-refractivity contribution in [3.63, 3.8) is 0 Å². The van der Waals surface area contributed by atoms with Crippen LogP contribution in [-0.2, 0) is 0 Å². The van der Waals surface area contributed by atoms with Gasteiger partial charge in [0.15, 0.2) is 0 Å². The normalized spacial score (nSPS) is 27.9. The van der Waals surface area contributed by atoms with Crippen LogP contribution in [0.1, 0.15) is 32.4 Å². The van der Waals surface area contributed by atoms with E-state index in [9.17, 15) is 5.11 Å². The summed E-state index contributed by atoms with van der Waals surface area (Å²) in [7, 11) is 1.69. The van der Waals surface area contributed by atoms with Crippen LogP contribution in [0.3, 0.4) is 0 Å². The van der Waals surface area contributed by atoms with Crippen LogP contribution in [0.25, 0.3) is 0 Å². The van der Waals surface area contributed by atoms with Crippen molar-refractivity contribution in [1.29, 1.82) is 0 Å². The van der Waals surface area contributed by atoms with Gasteiger partial charge in [-0.25, -0.2) is 0 Å². The molecule has 1 aliphatic rings. The van der Waals surface area contributed by atoms with Crippen molar-refractivity contribution in [2.75, 3.05) is 13.7 Å². The van der Waals surface area contributed by atoms with E-state index in [-0.39, 0.29) is 24.2 Å². The number of nitrogens with zero attached hydrogens (tertiary/aromatic N) is 1. The maximum Gasteiger partial charge on any atom is 0.123 e. The second-order valence-corrected chi connectivity index (χ2v) is 5.51. The molecule has 17 heavy (non-hydrogen) atoms. The third-order valence-electron chi connectivity index (χ3n) is 3.35. The standard InChI is InChI=1S/C14H21NO2/c1-14(2,3)15-11(9-16)13(15)10-7-5-6-8-12(10)17-4/h5-8,11,13,16H,9H2,1-4H3/t11-,13-,15?/m1/s1. The van der Waals surface area contributed by atoms with E-state index in [4.69, 9.17) is 4.74 Å². The van der Waals surface area contributed by atoms with E-state index in [0.29, 0.717) is 0 Å². The summed E-state index contributed by atoms with van der Waals surface area (Å²) in [6, 6.07) is 8.54. The van der Waals surface area contributed by atoms with Gasteiger partial charge in [0, 0.05) is 11.1 Å². The van der Waals surface area contributed by atoms with Crippen LogP contribution in [-0.4, -0.2) is 35.3 Å². The first kappa shape index (κ1) is 12.4. The van der Waals surface area contributed by atoms with Crippen molar-refractivity contribution in [2.24, 2.45) is 0 Å². The lowest BCUT2D eigenvalue weighted by molar-refractivity contribution is 0.220. The zero-order valence-corrected chi connectivity index (χ0v) is 11.0. The minimum Gasteiger partial charge on any atom is -0.496 e. The summed E-state index contributed by atoms with van der Waals surface area (Å²) in [4.78, 5) is 2.32. The number of hydrogen-bond donors (Lipinski definition) is 1. The predicted octanol–water partition coefficient (Wildman–Crippen LogP) is 2.21. The molecule has 0 spiro atoms. The first-order chi connectivity index (χ1) is 8.00. The molecule has 1 fully saturated rings. The van der Waals surface area contributed by atoms with Crippen LogP contribution in [0.4, 0.5) is 0 Å². The Morgan fingerprint density at radius 2 is 1.94 bits per heavy atom. The van der Waals surface area contributed by atoms with Gasteiger partial charge in [0.1, 0.15) is 5.75 Å². The summed E-state index contributed by atoms with van der Waals surface area (Å²) in [5, 5.41) is 9.45. The first-order valence-corrected chi connectivity index (χ1v) is 6.03. The average molecular weight is 235 g/mol. The SMILES string of the molecule is COc1ccccc1[C@@H]1[C@@H](CO)N1C(C)(C)C. The second kappa shape index (κ2) is 4.31. The molecule has 1 aromatic rings. The van der Waals surface area contributed by atoms with E-state index < -0.39 is 0 Å². The molecule has 0 radical (unpaired) electrons. The molecule has 2 rings (SSSR count). The molecular formula is C14H21NO2. The fourth-order valence-electron chi connectivity index (χ4n) is 2.65. The first-order valence-electron chi connectivity index (χ1n) is 6.03. The molecule has 1 aliphatic heterocycles. The Labute approximate surface area is 103 Å². The summed E-state index contributed by atoms with van der Waals surface area (Å²) in [5.41, 5.74) is 1.24. The van der Waals surface area contributed by atoms with E-state index in [1.807, 2.05) is 18.2 Å². The monoisotopic (exact) mass is 235 g/mol. The van der Waals surface area contributed by atoms with Crippen molar-refractivity contribution >= 4 is 0 Å². The molecule has 1 aromatic carbocycles. The molecule has 1 N–H and O–H groups in total. The molecule has 1 heterocycles. The summed E-state index contributed by atoms with van der Waals surface area (Å²) in [6.45, 7) is 6.71. The van der Waals surface area contributed by atoms with E-state index >= 15 is 0 Å². The molecule has 1 saturated heterocycles. The molecule has 1 unspecified atom stereocenters. The lowest BCUT2D eigenvalue weighted by Gasteiger charge is -2.22. The fourth-order valence-corrected chi connectivity index (χ4v) is 2.65. The largest absolute Gasteiger partial charge is 0.496 e. The summed E-state index contributed by atoms with van der Waals surface area (Å²) < 4.78 is 5.39. The second-order valence-electron chi connectivity index (χ2n) is 5.51. The van der Waals surface area contributed by atoms with Crippen molar-refractivity contribution in [2.45, 2.75) is 38.4 Å². The van der Waals surface area contributed by atoms with Gasteiger partial charge in [-0.15, -0.1) is 0 Å². The smallest absolute Gasteiger partial charge is 0.123 e. The van der Waals surface area contributed by atoms with Crippen molar-refractivity contribution in [3.8, 4) is 5.75 Å². The highest BCUT2D eigenvalue weighted by Gasteiger charge is 2.54. The number of ether oxygens (including phenoxy) is 1. The highest BCUT2D eigenvalue weighted by Crippen LogP contribution is 2.50. The van der Waals surface area contributed by atoms with Crippen LogP contribution < -0.4 is 4.74 Å². The number of para-hydroxylation sites is 1. The maximum absolute atomic E-state index is 9.45. The zero-order valence-electron chi connectivity index (χ0n) is 11.0. The van der Waals surface area contributed by atoms with Gasteiger partial charge in [-0.05, 0) is 26.8 Å². The van der Waals surface area contributed by atoms with Gasteiger partial charge in [-0.2, -0.15) is 0 Å². The molecule has 0 amide bonds. The van der Waals surface area contributed by atoms with Crippen LogP contribution >= 0.6 is 0 Å². The number of aliphatic hydroxyl groups excluding tert-OH is 1.